The molecule has 0 amide bonds. The van der Waals surface area contributed by atoms with Crippen LogP contribution in [-0.4, -0.2) is 35.6 Å². The summed E-state index contributed by atoms with van der Waals surface area (Å²) in [5.74, 6) is 0. The summed E-state index contributed by atoms with van der Waals surface area (Å²) in [6, 6.07) is 0. The van der Waals surface area contributed by atoms with Gasteiger partial charge in [-0.3, -0.25) is 0 Å². The van der Waals surface area contributed by atoms with Crippen molar-refractivity contribution in [3.63, 3.8) is 0 Å². The Hall–Kier alpha value is 0.423. The molecule has 0 radical (unpaired) electrons. The van der Waals surface area contributed by atoms with Crippen molar-refractivity contribution in [1.29, 1.82) is 0 Å². The van der Waals surface area contributed by atoms with Gasteiger partial charge in [0.1, 0.15) is 0 Å². The molecule has 0 atom stereocenters. The molecule has 0 aliphatic heterocycles. The zero-order chi connectivity index (χ0) is 8.20. The maximum atomic E-state index is 5.24. The van der Waals surface area contributed by atoms with Gasteiger partial charge < -0.3 is 0 Å². The van der Waals surface area contributed by atoms with E-state index in [4.69, 9.17) is 11.3 Å². The van der Waals surface area contributed by atoms with Crippen molar-refractivity contribution in [2.45, 2.75) is 18.6 Å². The van der Waals surface area contributed by atoms with Gasteiger partial charge in [-0.05, 0) is 0 Å². The topological polar surface area (TPSA) is 27.7 Å². The molecule has 0 spiro atoms. The van der Waals surface area contributed by atoms with Gasteiger partial charge in [0.2, 0.25) is 0 Å². The van der Waals surface area contributed by atoms with Gasteiger partial charge in [-0.25, -0.2) is 0 Å². The normalized spacial score (nSPS) is 12.6. The molecule has 0 aromatic rings. The molecule has 0 saturated heterocycles. The van der Waals surface area contributed by atoms with E-state index in [1.54, 1.807) is 21.3 Å². The van der Waals surface area contributed by atoms with E-state index in [2.05, 4.69) is 13.8 Å². The fraction of sp³-hybridized carbons (Fsp3) is 1.00. The molecule has 0 aromatic heterocycles. The van der Waals surface area contributed by atoms with E-state index in [1.807, 2.05) is 0 Å². The predicted molar refractivity (Wildman–Crippen MR) is 41.9 cm³/mol. The van der Waals surface area contributed by atoms with Crippen molar-refractivity contribution >= 4 is 14.3 Å². The maximum absolute atomic E-state index is 5.24. The van der Waals surface area contributed by atoms with Crippen LogP contribution in [-0.2, 0) is 11.3 Å². The van der Waals surface area contributed by atoms with E-state index >= 15 is 0 Å². The average molecular weight is 209 g/mol. The standard InChI is InChI=1S/C6H16GeO3/c1-6(2)7(8-3,9-4)10-5/h6H,1-5H3. The van der Waals surface area contributed by atoms with Gasteiger partial charge in [-0.2, -0.15) is 0 Å². The number of rotatable bonds is 4. The van der Waals surface area contributed by atoms with E-state index in [9.17, 15) is 0 Å². The van der Waals surface area contributed by atoms with E-state index in [0.29, 0.717) is 4.75 Å². The van der Waals surface area contributed by atoms with Gasteiger partial charge in [0.15, 0.2) is 0 Å². The average Bonchev–Trinajstić information content (AvgIpc) is 1.92. The zero-order valence-corrected chi connectivity index (χ0v) is 9.40. The van der Waals surface area contributed by atoms with Crippen LogP contribution in [0.25, 0.3) is 0 Å². The summed E-state index contributed by atoms with van der Waals surface area (Å²) in [7, 11) is 4.94. The SMILES string of the molecule is C[O][Ge]([O]C)([O]C)[CH](C)C. The molecule has 0 heterocycles. The van der Waals surface area contributed by atoms with Crippen LogP contribution in [0.3, 0.4) is 0 Å². The first-order chi connectivity index (χ1) is 4.63. The van der Waals surface area contributed by atoms with Crippen LogP contribution in [0.2, 0.25) is 4.75 Å². The molecule has 0 saturated carbocycles. The molecule has 4 heteroatoms. The first-order valence-corrected chi connectivity index (χ1v) is 7.06. The zero-order valence-electron chi connectivity index (χ0n) is 7.30. The van der Waals surface area contributed by atoms with Crippen molar-refractivity contribution in [2.75, 3.05) is 21.3 Å². The van der Waals surface area contributed by atoms with Crippen LogP contribution < -0.4 is 0 Å². The molecule has 0 fully saturated rings. The molecule has 10 heavy (non-hydrogen) atoms. The molecule has 0 rings (SSSR count). The Kier molecular flexibility index (Phi) is 4.51. The second-order valence-corrected chi connectivity index (χ2v) is 9.90. The monoisotopic (exact) mass is 210 g/mol. The van der Waals surface area contributed by atoms with Crippen LogP contribution in [0.5, 0.6) is 0 Å². The molecule has 0 aliphatic carbocycles. The summed E-state index contributed by atoms with van der Waals surface area (Å²) < 4.78 is 16.1. The molecule has 0 unspecified atom stereocenters. The summed E-state index contributed by atoms with van der Waals surface area (Å²) in [6.07, 6.45) is 0. The molecular weight excluding hydrogens is 193 g/mol. The minimum absolute atomic E-state index is 0.361. The van der Waals surface area contributed by atoms with Gasteiger partial charge in [0.05, 0.1) is 0 Å². The summed E-state index contributed by atoms with van der Waals surface area (Å²) >= 11 is -2.79. The summed E-state index contributed by atoms with van der Waals surface area (Å²) in [5, 5.41) is 0. The van der Waals surface area contributed by atoms with E-state index in [0.717, 1.165) is 0 Å². The Labute approximate surface area is 66.0 Å². The molecule has 3 nitrogen and oxygen atoms in total. The molecule has 0 bridgehead atoms. The summed E-state index contributed by atoms with van der Waals surface area (Å²) in [4.78, 5) is 0. The number of hydrogen-bond acceptors (Lipinski definition) is 3. The molecule has 0 N–H and O–H groups in total. The van der Waals surface area contributed by atoms with E-state index in [1.165, 1.54) is 0 Å². The van der Waals surface area contributed by atoms with E-state index in [-0.39, 0.29) is 0 Å². The minimum atomic E-state index is -2.79. The summed E-state index contributed by atoms with van der Waals surface area (Å²) in [6.45, 7) is 4.10. The molecule has 62 valence electrons. The predicted octanol–water partition coefficient (Wildman–Crippen LogP) is 1.27. The van der Waals surface area contributed by atoms with Crippen LogP contribution >= 0.6 is 0 Å². The molecule has 0 aromatic carbocycles. The number of hydrogen-bond donors (Lipinski definition) is 0. The van der Waals surface area contributed by atoms with Crippen molar-refractivity contribution in [1.82, 2.24) is 0 Å². The third-order valence-electron chi connectivity index (χ3n) is 1.56. The van der Waals surface area contributed by atoms with Gasteiger partial charge in [0.25, 0.3) is 0 Å². The van der Waals surface area contributed by atoms with Crippen molar-refractivity contribution in [3.05, 3.63) is 0 Å². The van der Waals surface area contributed by atoms with Crippen LogP contribution in [0.15, 0.2) is 0 Å². The quantitative estimate of drug-likeness (QED) is 0.652. The molecular formula is C6H16GeO3. The van der Waals surface area contributed by atoms with Gasteiger partial charge in [-0.1, -0.05) is 0 Å². The fourth-order valence-electron chi connectivity index (χ4n) is 0.957. The van der Waals surface area contributed by atoms with Crippen LogP contribution in [0, 0.1) is 0 Å². The van der Waals surface area contributed by atoms with Crippen LogP contribution in [0.4, 0.5) is 0 Å². The Morgan fingerprint density at radius 3 is 1.20 bits per heavy atom. The van der Waals surface area contributed by atoms with Crippen molar-refractivity contribution in [3.8, 4) is 0 Å². The summed E-state index contributed by atoms with van der Waals surface area (Å²) in [5.41, 5.74) is 0. The molecule has 0 aliphatic rings. The third-order valence-corrected chi connectivity index (χ3v) is 8.11. The van der Waals surface area contributed by atoms with Gasteiger partial charge >= 0.3 is 65.5 Å². The van der Waals surface area contributed by atoms with Gasteiger partial charge in [-0.15, -0.1) is 0 Å². The van der Waals surface area contributed by atoms with Crippen LogP contribution in [0.1, 0.15) is 13.8 Å². The first kappa shape index (κ1) is 10.4. The Balaban J connectivity index is 4.15. The van der Waals surface area contributed by atoms with E-state index < -0.39 is 14.3 Å². The first-order valence-electron chi connectivity index (χ1n) is 3.28. The second-order valence-electron chi connectivity index (χ2n) is 2.37. The third kappa shape index (κ3) is 1.95. The second kappa shape index (κ2) is 4.33. The Morgan fingerprint density at radius 2 is 1.20 bits per heavy atom. The Morgan fingerprint density at radius 1 is 0.900 bits per heavy atom. The Bertz CT molecular complexity index is 82.7. The van der Waals surface area contributed by atoms with Gasteiger partial charge in [0, 0.05) is 0 Å². The van der Waals surface area contributed by atoms with Crippen molar-refractivity contribution < 1.29 is 11.3 Å². The van der Waals surface area contributed by atoms with Crippen molar-refractivity contribution in [2.24, 2.45) is 0 Å². The fourth-order valence-corrected chi connectivity index (χ4v) is 4.97.